The molecule has 2 N–H and O–H groups in total. The largest absolute Gasteiger partial charge is 0.369 e. The Bertz CT molecular complexity index is 528. The maximum Gasteiger partial charge on any atom is 0.0598 e. The highest BCUT2D eigenvalue weighted by Gasteiger charge is 2.08. The van der Waals surface area contributed by atoms with Crippen molar-refractivity contribution in [3.05, 3.63) is 58.9 Å². The highest BCUT2D eigenvalue weighted by Crippen LogP contribution is 2.22. The van der Waals surface area contributed by atoms with Gasteiger partial charge in [-0.05, 0) is 23.3 Å². The van der Waals surface area contributed by atoms with Crippen molar-refractivity contribution < 1.29 is 0 Å². The zero-order chi connectivity index (χ0) is 13.0. The van der Waals surface area contributed by atoms with Crippen molar-refractivity contribution in [2.75, 3.05) is 11.9 Å². The molecule has 1 aromatic heterocycles. The smallest absolute Gasteiger partial charge is 0.0598 e. The molecule has 0 aliphatic heterocycles. The highest BCUT2D eigenvalue weighted by molar-refractivity contribution is 6.31. The topological polar surface area (TPSA) is 42.2 Å². The Labute approximate surface area is 112 Å². The van der Waals surface area contributed by atoms with Gasteiger partial charge in [0.25, 0.3) is 0 Å². The molecule has 0 spiro atoms. The third-order valence-electron chi connectivity index (χ3n) is 2.88. The second-order valence-electron chi connectivity index (χ2n) is 4.16. The van der Waals surface area contributed by atoms with Crippen molar-refractivity contribution in [2.24, 2.45) is 5.73 Å². The molecular weight excluding hydrogens is 246 g/mol. The summed E-state index contributed by atoms with van der Waals surface area (Å²) >= 11 is 6.16. The lowest BCUT2D eigenvalue weighted by Gasteiger charge is -2.22. The molecule has 0 aliphatic rings. The van der Waals surface area contributed by atoms with E-state index in [1.807, 2.05) is 43.6 Å². The fourth-order valence-corrected chi connectivity index (χ4v) is 2.09. The van der Waals surface area contributed by atoms with Gasteiger partial charge in [0, 0.05) is 31.4 Å². The van der Waals surface area contributed by atoms with Crippen LogP contribution in [-0.2, 0) is 13.1 Å². The van der Waals surface area contributed by atoms with Gasteiger partial charge in [-0.2, -0.15) is 0 Å². The lowest BCUT2D eigenvalue weighted by molar-refractivity contribution is 0.897. The van der Waals surface area contributed by atoms with Gasteiger partial charge in [0.15, 0.2) is 0 Å². The van der Waals surface area contributed by atoms with Gasteiger partial charge in [-0.1, -0.05) is 29.8 Å². The summed E-state index contributed by atoms with van der Waals surface area (Å²) in [4.78, 5) is 6.26. The average molecular weight is 262 g/mol. The van der Waals surface area contributed by atoms with Crippen molar-refractivity contribution in [2.45, 2.75) is 13.1 Å². The van der Waals surface area contributed by atoms with Crippen molar-refractivity contribution in [3.8, 4) is 0 Å². The molecule has 0 amide bonds. The van der Waals surface area contributed by atoms with Gasteiger partial charge >= 0.3 is 0 Å². The molecule has 0 radical (unpaired) electrons. The SMILES string of the molecule is CN(Cc1ccccc1Cl)c1cnccc1CN. The molecule has 1 heterocycles. The van der Waals surface area contributed by atoms with E-state index in [9.17, 15) is 0 Å². The van der Waals surface area contributed by atoms with Crippen LogP contribution in [0, 0.1) is 0 Å². The lowest BCUT2D eigenvalue weighted by Crippen LogP contribution is -2.19. The van der Waals surface area contributed by atoms with Gasteiger partial charge in [0.05, 0.1) is 11.9 Å². The standard InChI is InChI=1S/C14H16ClN3/c1-18(10-12-4-2-3-5-13(12)15)14-9-17-7-6-11(14)8-16/h2-7,9H,8,10,16H2,1H3. The van der Waals surface area contributed by atoms with E-state index < -0.39 is 0 Å². The molecular formula is C14H16ClN3. The summed E-state index contributed by atoms with van der Waals surface area (Å²) in [6, 6.07) is 9.79. The Hall–Kier alpha value is -1.58. The van der Waals surface area contributed by atoms with Crippen LogP contribution in [0.25, 0.3) is 0 Å². The molecule has 0 bridgehead atoms. The van der Waals surface area contributed by atoms with Gasteiger partial charge in [0.1, 0.15) is 0 Å². The Kier molecular flexibility index (Phi) is 4.18. The van der Waals surface area contributed by atoms with Gasteiger partial charge in [-0.15, -0.1) is 0 Å². The first-order valence-corrected chi connectivity index (χ1v) is 6.17. The first-order valence-electron chi connectivity index (χ1n) is 5.80. The van der Waals surface area contributed by atoms with Gasteiger partial charge < -0.3 is 10.6 Å². The zero-order valence-electron chi connectivity index (χ0n) is 10.3. The Morgan fingerprint density at radius 1 is 1.22 bits per heavy atom. The van der Waals surface area contributed by atoms with E-state index in [1.165, 1.54) is 0 Å². The fourth-order valence-electron chi connectivity index (χ4n) is 1.90. The van der Waals surface area contributed by atoms with E-state index in [0.29, 0.717) is 6.54 Å². The molecule has 3 nitrogen and oxygen atoms in total. The minimum absolute atomic E-state index is 0.505. The molecule has 0 fully saturated rings. The summed E-state index contributed by atoms with van der Waals surface area (Å²) in [6.45, 7) is 1.24. The number of pyridine rings is 1. The molecule has 2 aromatic rings. The molecule has 0 saturated heterocycles. The first-order chi connectivity index (χ1) is 8.72. The fraction of sp³-hybridized carbons (Fsp3) is 0.214. The van der Waals surface area contributed by atoms with E-state index in [1.54, 1.807) is 6.20 Å². The number of hydrogen-bond acceptors (Lipinski definition) is 3. The summed E-state index contributed by atoms with van der Waals surface area (Å²) in [5, 5.41) is 0.780. The average Bonchev–Trinajstić information content (AvgIpc) is 2.41. The quantitative estimate of drug-likeness (QED) is 0.920. The van der Waals surface area contributed by atoms with Crippen LogP contribution in [0.5, 0.6) is 0 Å². The van der Waals surface area contributed by atoms with Crippen LogP contribution < -0.4 is 10.6 Å². The first kappa shape index (κ1) is 12.9. The van der Waals surface area contributed by atoms with E-state index in [2.05, 4.69) is 9.88 Å². The van der Waals surface area contributed by atoms with Crippen LogP contribution in [0.1, 0.15) is 11.1 Å². The summed E-state index contributed by atoms with van der Waals surface area (Å²) in [5.41, 5.74) is 8.95. The van der Waals surface area contributed by atoms with Crippen LogP contribution in [0.15, 0.2) is 42.7 Å². The number of aromatic nitrogens is 1. The highest BCUT2D eigenvalue weighted by atomic mass is 35.5. The van der Waals surface area contributed by atoms with Crippen LogP contribution >= 0.6 is 11.6 Å². The number of rotatable bonds is 4. The number of nitrogens with two attached hydrogens (primary N) is 1. The lowest BCUT2D eigenvalue weighted by atomic mass is 10.1. The predicted molar refractivity (Wildman–Crippen MR) is 75.7 cm³/mol. The van der Waals surface area contributed by atoms with Crippen LogP contribution in [0.2, 0.25) is 5.02 Å². The molecule has 0 atom stereocenters. The number of halogens is 1. The summed E-state index contributed by atoms with van der Waals surface area (Å²) in [7, 11) is 2.01. The minimum Gasteiger partial charge on any atom is -0.369 e. The molecule has 18 heavy (non-hydrogen) atoms. The van der Waals surface area contributed by atoms with Crippen LogP contribution in [-0.4, -0.2) is 12.0 Å². The molecule has 4 heteroatoms. The zero-order valence-corrected chi connectivity index (χ0v) is 11.1. The second-order valence-corrected chi connectivity index (χ2v) is 4.56. The monoisotopic (exact) mass is 261 g/mol. The van der Waals surface area contributed by atoms with E-state index in [0.717, 1.165) is 28.4 Å². The molecule has 94 valence electrons. The summed E-state index contributed by atoms with van der Waals surface area (Å²) in [6.07, 6.45) is 3.59. The van der Waals surface area contributed by atoms with Gasteiger partial charge in [0.2, 0.25) is 0 Å². The third-order valence-corrected chi connectivity index (χ3v) is 3.25. The number of anilines is 1. The Morgan fingerprint density at radius 2 is 2.00 bits per heavy atom. The maximum absolute atomic E-state index is 6.16. The van der Waals surface area contributed by atoms with Crippen LogP contribution in [0.3, 0.4) is 0 Å². The van der Waals surface area contributed by atoms with Crippen molar-refractivity contribution in [3.63, 3.8) is 0 Å². The maximum atomic E-state index is 6.16. The molecule has 2 rings (SSSR count). The van der Waals surface area contributed by atoms with Crippen molar-refractivity contribution in [1.29, 1.82) is 0 Å². The van der Waals surface area contributed by atoms with Crippen LogP contribution in [0.4, 0.5) is 5.69 Å². The van der Waals surface area contributed by atoms with Crippen molar-refractivity contribution >= 4 is 17.3 Å². The Morgan fingerprint density at radius 3 is 2.72 bits per heavy atom. The van der Waals surface area contributed by atoms with Crippen molar-refractivity contribution in [1.82, 2.24) is 4.98 Å². The van der Waals surface area contributed by atoms with E-state index >= 15 is 0 Å². The number of benzene rings is 1. The van der Waals surface area contributed by atoms with E-state index in [4.69, 9.17) is 17.3 Å². The van der Waals surface area contributed by atoms with Gasteiger partial charge in [-0.3, -0.25) is 4.98 Å². The summed E-state index contributed by atoms with van der Waals surface area (Å²) < 4.78 is 0. The number of hydrogen-bond donors (Lipinski definition) is 1. The Balaban J connectivity index is 2.22. The normalized spacial score (nSPS) is 10.4. The third kappa shape index (κ3) is 2.81. The second kappa shape index (κ2) is 5.85. The number of nitrogens with zero attached hydrogens (tertiary/aromatic N) is 2. The molecule has 1 aromatic carbocycles. The molecule has 0 saturated carbocycles. The molecule has 0 unspecified atom stereocenters. The van der Waals surface area contributed by atoms with E-state index in [-0.39, 0.29) is 0 Å². The molecule has 0 aliphatic carbocycles. The minimum atomic E-state index is 0.505. The predicted octanol–water partition coefficient (Wildman–Crippen LogP) is 2.83. The summed E-state index contributed by atoms with van der Waals surface area (Å²) in [5.74, 6) is 0. The van der Waals surface area contributed by atoms with Gasteiger partial charge in [-0.25, -0.2) is 0 Å².